The second kappa shape index (κ2) is 10.3. The third-order valence-corrected chi connectivity index (χ3v) is 9.27. The van der Waals surface area contributed by atoms with E-state index >= 15 is 0 Å². The molecule has 0 N–H and O–H groups in total. The first-order chi connectivity index (χ1) is 16.5. The zero-order chi connectivity index (χ0) is 25.2. The maximum atomic E-state index is 12.9. The second-order valence-corrected chi connectivity index (χ2v) is 11.9. The summed E-state index contributed by atoms with van der Waals surface area (Å²) in [5, 5.41) is 0. The second-order valence-electron chi connectivity index (χ2n) is 8.07. The highest BCUT2D eigenvalue weighted by atomic mass is 35.5. The van der Waals surface area contributed by atoms with E-state index in [9.17, 15) is 26.4 Å². The number of hydrogen-bond donors (Lipinski definition) is 0. The van der Waals surface area contributed by atoms with Crippen LogP contribution >= 0.6 is 22.9 Å². The maximum absolute atomic E-state index is 12.9. The number of thiophene rings is 1. The molecule has 2 heterocycles. The van der Waals surface area contributed by atoms with Crippen molar-refractivity contribution in [1.82, 2.24) is 4.31 Å². The summed E-state index contributed by atoms with van der Waals surface area (Å²) in [6.45, 7) is 0.288. The minimum Gasteiger partial charge on any atom is -0.457 e. The molecule has 0 radical (unpaired) electrons. The number of rotatable bonds is 8. The molecule has 1 atom stereocenters. The van der Waals surface area contributed by atoms with Crippen molar-refractivity contribution in [2.24, 2.45) is 0 Å². The first-order valence-electron chi connectivity index (χ1n) is 10.8. The SMILES string of the molecule is O=C(CCc1ccc(Oc2cccc(C(F)(F)F)c2)cc1)[C@@H]1CCCN1S(=O)(=O)c1ccc(Cl)s1. The highest BCUT2D eigenvalue weighted by molar-refractivity contribution is 7.91. The fourth-order valence-corrected chi connectivity index (χ4v) is 7.22. The fraction of sp³-hybridized carbons (Fsp3) is 0.292. The zero-order valence-corrected chi connectivity index (χ0v) is 20.7. The van der Waals surface area contributed by atoms with Gasteiger partial charge in [-0.1, -0.05) is 29.8 Å². The topological polar surface area (TPSA) is 63.7 Å². The number of benzene rings is 2. The van der Waals surface area contributed by atoms with Crippen molar-refractivity contribution in [2.45, 2.75) is 42.1 Å². The number of ether oxygens (including phenoxy) is 1. The van der Waals surface area contributed by atoms with Crippen LogP contribution in [0.1, 0.15) is 30.4 Å². The first kappa shape index (κ1) is 25.7. The van der Waals surface area contributed by atoms with Crippen LogP contribution in [-0.2, 0) is 27.4 Å². The van der Waals surface area contributed by atoms with Gasteiger partial charge in [0.1, 0.15) is 15.7 Å². The largest absolute Gasteiger partial charge is 0.457 e. The molecule has 0 unspecified atom stereocenters. The van der Waals surface area contributed by atoms with Crippen molar-refractivity contribution >= 4 is 38.7 Å². The molecule has 3 aromatic rings. The number of Topliss-reactive ketones (excluding diaryl/α,β-unsaturated/α-hetero) is 1. The zero-order valence-electron chi connectivity index (χ0n) is 18.3. The molecule has 1 aliphatic heterocycles. The molecular formula is C24H21ClF3NO4S2. The van der Waals surface area contributed by atoms with Gasteiger partial charge in [-0.25, -0.2) is 8.42 Å². The maximum Gasteiger partial charge on any atom is 0.416 e. The van der Waals surface area contributed by atoms with Crippen molar-refractivity contribution in [3.8, 4) is 11.5 Å². The molecule has 11 heteroatoms. The van der Waals surface area contributed by atoms with Gasteiger partial charge in [-0.05, 0) is 67.3 Å². The van der Waals surface area contributed by atoms with Crippen molar-refractivity contribution < 1.29 is 31.1 Å². The summed E-state index contributed by atoms with van der Waals surface area (Å²) in [6.07, 6.45) is -2.81. The summed E-state index contributed by atoms with van der Waals surface area (Å²) in [4.78, 5) is 12.9. The molecule has 0 spiro atoms. The van der Waals surface area contributed by atoms with Crippen LogP contribution in [0, 0.1) is 0 Å². The Labute approximate surface area is 210 Å². The molecular weight excluding hydrogens is 523 g/mol. The Balaban J connectivity index is 1.36. The molecule has 1 aromatic heterocycles. The van der Waals surface area contributed by atoms with Crippen LogP contribution in [0.4, 0.5) is 13.2 Å². The van der Waals surface area contributed by atoms with E-state index < -0.39 is 27.8 Å². The molecule has 0 bridgehead atoms. The van der Waals surface area contributed by atoms with Crippen LogP contribution in [-0.4, -0.2) is 31.1 Å². The highest BCUT2D eigenvalue weighted by Gasteiger charge is 2.39. The number of carbonyl (C=O) groups is 1. The van der Waals surface area contributed by atoms with Gasteiger partial charge < -0.3 is 4.74 Å². The number of carbonyl (C=O) groups excluding carboxylic acids is 1. The molecule has 2 aromatic carbocycles. The molecule has 0 saturated carbocycles. The lowest BCUT2D eigenvalue weighted by Crippen LogP contribution is -2.40. The van der Waals surface area contributed by atoms with E-state index in [2.05, 4.69) is 0 Å². The summed E-state index contributed by atoms with van der Waals surface area (Å²) in [5.41, 5.74) is 0.0301. The van der Waals surface area contributed by atoms with Crippen LogP contribution in [0.2, 0.25) is 4.34 Å². The standard InChI is InChI=1S/C24H21ClF3NO4S2/c25-22-12-13-23(34-22)35(31,32)29-14-2-5-20(29)21(30)11-8-16-6-9-18(10-7-16)33-19-4-1-3-17(15-19)24(26,27)28/h1,3-4,6-7,9-10,12-13,15,20H,2,5,8,11,14H2/t20-/m0/s1. The normalized spacial score (nSPS) is 17.0. The van der Waals surface area contributed by atoms with Gasteiger partial charge >= 0.3 is 6.18 Å². The van der Waals surface area contributed by atoms with Crippen molar-refractivity contribution in [3.05, 3.63) is 76.1 Å². The van der Waals surface area contributed by atoms with Gasteiger partial charge in [0, 0.05) is 13.0 Å². The Morgan fingerprint density at radius 1 is 1.09 bits per heavy atom. The number of ketones is 1. The summed E-state index contributed by atoms with van der Waals surface area (Å²) < 4.78 is 71.8. The van der Waals surface area contributed by atoms with Crippen LogP contribution < -0.4 is 4.74 Å². The van der Waals surface area contributed by atoms with Crippen molar-refractivity contribution in [1.29, 1.82) is 0 Å². The summed E-state index contributed by atoms with van der Waals surface area (Å²) >= 11 is 6.85. The Kier molecular flexibility index (Phi) is 7.56. The van der Waals surface area contributed by atoms with E-state index in [-0.39, 0.29) is 28.7 Å². The molecule has 4 rings (SSSR count). The van der Waals surface area contributed by atoms with E-state index in [0.717, 1.165) is 29.0 Å². The lowest BCUT2D eigenvalue weighted by Gasteiger charge is -2.22. The minimum atomic E-state index is -4.46. The third-order valence-electron chi connectivity index (χ3n) is 5.67. The monoisotopic (exact) mass is 543 g/mol. The van der Waals surface area contributed by atoms with E-state index in [4.69, 9.17) is 16.3 Å². The van der Waals surface area contributed by atoms with E-state index in [0.29, 0.717) is 29.3 Å². The minimum absolute atomic E-state index is 0.0670. The number of nitrogens with zero attached hydrogens (tertiary/aromatic N) is 1. The first-order valence-corrected chi connectivity index (χ1v) is 13.4. The predicted octanol–water partition coefficient (Wildman–Crippen LogP) is 6.57. The predicted molar refractivity (Wildman–Crippen MR) is 128 cm³/mol. The third kappa shape index (κ3) is 6.06. The van der Waals surface area contributed by atoms with E-state index in [1.165, 1.54) is 28.6 Å². The number of halogens is 4. The number of alkyl halides is 3. The quantitative estimate of drug-likeness (QED) is 0.322. The van der Waals surface area contributed by atoms with Gasteiger partial charge in [0.25, 0.3) is 10.0 Å². The molecule has 1 fully saturated rings. The average Bonchev–Trinajstić information content (AvgIpc) is 3.48. The van der Waals surface area contributed by atoms with Gasteiger partial charge in [0.05, 0.1) is 15.9 Å². The average molecular weight is 544 g/mol. The van der Waals surface area contributed by atoms with Crippen LogP contribution in [0.3, 0.4) is 0 Å². The molecule has 0 aliphatic carbocycles. The van der Waals surface area contributed by atoms with E-state index in [1.54, 1.807) is 24.3 Å². The van der Waals surface area contributed by atoms with Gasteiger partial charge in [-0.2, -0.15) is 17.5 Å². The molecule has 1 aliphatic rings. The van der Waals surface area contributed by atoms with E-state index in [1.807, 2.05) is 0 Å². The molecule has 0 amide bonds. The Morgan fingerprint density at radius 2 is 1.83 bits per heavy atom. The fourth-order valence-electron chi connectivity index (χ4n) is 3.93. The van der Waals surface area contributed by atoms with Crippen molar-refractivity contribution in [3.63, 3.8) is 0 Å². The number of hydrogen-bond acceptors (Lipinski definition) is 5. The molecule has 1 saturated heterocycles. The van der Waals surface area contributed by atoms with Crippen LogP contribution in [0.5, 0.6) is 11.5 Å². The van der Waals surface area contributed by atoms with Crippen molar-refractivity contribution in [2.75, 3.05) is 6.54 Å². The molecule has 186 valence electrons. The van der Waals surface area contributed by atoms with Crippen LogP contribution in [0.15, 0.2) is 64.9 Å². The number of aryl methyl sites for hydroxylation is 1. The smallest absolute Gasteiger partial charge is 0.416 e. The summed E-state index contributed by atoms with van der Waals surface area (Å²) in [7, 11) is -3.78. The Bertz CT molecular complexity index is 1310. The molecule has 35 heavy (non-hydrogen) atoms. The van der Waals surface area contributed by atoms with Gasteiger partial charge in [-0.15, -0.1) is 11.3 Å². The highest BCUT2D eigenvalue weighted by Crippen LogP contribution is 2.34. The Morgan fingerprint density at radius 3 is 2.49 bits per heavy atom. The van der Waals surface area contributed by atoms with Gasteiger partial charge in [-0.3, -0.25) is 4.79 Å². The lowest BCUT2D eigenvalue weighted by molar-refractivity contribution is -0.137. The lowest BCUT2D eigenvalue weighted by atomic mass is 10.0. The molecule has 5 nitrogen and oxygen atoms in total. The summed E-state index contributed by atoms with van der Waals surface area (Å²) in [6, 6.07) is 13.6. The number of sulfonamides is 1. The van der Waals surface area contributed by atoms with Gasteiger partial charge in [0.2, 0.25) is 0 Å². The Hall–Kier alpha value is -2.40. The van der Waals surface area contributed by atoms with Gasteiger partial charge in [0.15, 0.2) is 5.78 Å². The summed E-state index contributed by atoms with van der Waals surface area (Å²) in [5.74, 6) is 0.275. The van der Waals surface area contributed by atoms with Crippen LogP contribution in [0.25, 0.3) is 0 Å².